The molecule has 4 rings (SSSR count). The second kappa shape index (κ2) is 7.94. The minimum absolute atomic E-state index is 0.0178. The van der Waals surface area contributed by atoms with Crippen molar-refractivity contribution < 1.29 is 19.1 Å². The molecule has 3 amide bonds. The zero-order valence-electron chi connectivity index (χ0n) is 15.1. The first kappa shape index (κ1) is 18.4. The van der Waals surface area contributed by atoms with Gasteiger partial charge in [-0.2, -0.15) is 0 Å². The van der Waals surface area contributed by atoms with Crippen LogP contribution in [0.2, 0.25) is 5.02 Å². The smallest absolute Gasteiger partial charge is 0.320 e. The van der Waals surface area contributed by atoms with Gasteiger partial charge < -0.3 is 24.6 Å². The molecule has 3 aliphatic heterocycles. The van der Waals surface area contributed by atoms with Crippen LogP contribution in [0.1, 0.15) is 12.8 Å². The molecule has 8 heteroatoms. The standard InChI is InChI=1S/C19H24ClN3O4/c20-14-2-1-3-15(8-14)26-11-13-4-6-22(9-13)19(25)23-7-5-17-16(10-23)21-18(24)12-27-17/h1-3,8,13,16-17H,4-7,9-12H2,(H,21,24)/t13-,16+,17-/m0/s1. The van der Waals surface area contributed by atoms with Crippen LogP contribution in [0.25, 0.3) is 0 Å². The normalized spacial score (nSPS) is 27.9. The molecule has 0 radical (unpaired) electrons. The van der Waals surface area contributed by atoms with Crippen molar-refractivity contribution in [3.8, 4) is 5.75 Å². The van der Waals surface area contributed by atoms with E-state index >= 15 is 0 Å². The number of amides is 3. The first-order valence-electron chi connectivity index (χ1n) is 9.41. The number of rotatable bonds is 3. The molecule has 3 atom stereocenters. The topological polar surface area (TPSA) is 71.1 Å². The summed E-state index contributed by atoms with van der Waals surface area (Å²) < 4.78 is 11.4. The summed E-state index contributed by atoms with van der Waals surface area (Å²) in [7, 11) is 0. The number of morpholine rings is 1. The van der Waals surface area contributed by atoms with E-state index in [0.717, 1.165) is 25.1 Å². The van der Waals surface area contributed by atoms with Crippen molar-refractivity contribution in [2.24, 2.45) is 5.92 Å². The number of benzene rings is 1. The molecule has 0 aliphatic carbocycles. The number of hydrogen-bond acceptors (Lipinski definition) is 4. The maximum Gasteiger partial charge on any atom is 0.320 e. The molecule has 0 unspecified atom stereocenters. The van der Waals surface area contributed by atoms with Gasteiger partial charge >= 0.3 is 6.03 Å². The number of piperidine rings is 1. The molecule has 1 aromatic rings. The molecule has 3 heterocycles. The summed E-state index contributed by atoms with van der Waals surface area (Å²) in [5.74, 6) is 0.954. The number of nitrogens with zero attached hydrogens (tertiary/aromatic N) is 2. The predicted molar refractivity (Wildman–Crippen MR) is 99.9 cm³/mol. The maximum absolute atomic E-state index is 12.9. The number of fused-ring (bicyclic) bond motifs is 1. The van der Waals surface area contributed by atoms with E-state index in [1.807, 2.05) is 28.0 Å². The van der Waals surface area contributed by atoms with Crippen molar-refractivity contribution in [3.63, 3.8) is 0 Å². The lowest BCUT2D eigenvalue weighted by Crippen LogP contribution is -2.62. The van der Waals surface area contributed by atoms with E-state index in [1.54, 1.807) is 6.07 Å². The lowest BCUT2D eigenvalue weighted by Gasteiger charge is -2.42. The Kier molecular flexibility index (Phi) is 5.41. The van der Waals surface area contributed by atoms with Gasteiger partial charge in [0.15, 0.2) is 0 Å². The fourth-order valence-corrected chi connectivity index (χ4v) is 4.17. The minimum atomic E-state index is -0.107. The van der Waals surface area contributed by atoms with E-state index in [0.29, 0.717) is 37.2 Å². The van der Waals surface area contributed by atoms with Gasteiger partial charge in [0.05, 0.1) is 18.8 Å². The molecule has 0 saturated carbocycles. The number of carbonyl (C=O) groups is 2. The Bertz CT molecular complexity index is 716. The van der Waals surface area contributed by atoms with Gasteiger partial charge in [-0.3, -0.25) is 4.79 Å². The summed E-state index contributed by atoms with van der Waals surface area (Å²) >= 11 is 5.98. The molecule has 0 bridgehead atoms. The minimum Gasteiger partial charge on any atom is -0.493 e. The Balaban J connectivity index is 1.27. The van der Waals surface area contributed by atoms with E-state index in [1.165, 1.54) is 0 Å². The van der Waals surface area contributed by atoms with Gasteiger partial charge in [-0.15, -0.1) is 0 Å². The van der Waals surface area contributed by atoms with Gasteiger partial charge in [0.2, 0.25) is 5.91 Å². The fraction of sp³-hybridized carbons (Fsp3) is 0.579. The Labute approximate surface area is 163 Å². The van der Waals surface area contributed by atoms with E-state index in [9.17, 15) is 9.59 Å². The lowest BCUT2D eigenvalue weighted by atomic mass is 10.0. The van der Waals surface area contributed by atoms with E-state index in [4.69, 9.17) is 21.1 Å². The van der Waals surface area contributed by atoms with Crippen molar-refractivity contribution in [2.45, 2.75) is 25.0 Å². The average Bonchev–Trinajstić information content (AvgIpc) is 3.14. The van der Waals surface area contributed by atoms with E-state index < -0.39 is 0 Å². The number of carbonyl (C=O) groups excluding carboxylic acids is 2. The number of urea groups is 1. The summed E-state index contributed by atoms with van der Waals surface area (Å²) in [5, 5.41) is 3.59. The van der Waals surface area contributed by atoms with Crippen LogP contribution in [-0.2, 0) is 9.53 Å². The van der Waals surface area contributed by atoms with Crippen molar-refractivity contribution in [2.75, 3.05) is 39.4 Å². The van der Waals surface area contributed by atoms with Crippen molar-refractivity contribution in [3.05, 3.63) is 29.3 Å². The highest BCUT2D eigenvalue weighted by Gasteiger charge is 2.38. The molecule has 27 heavy (non-hydrogen) atoms. The van der Waals surface area contributed by atoms with Gasteiger partial charge in [0, 0.05) is 37.1 Å². The highest BCUT2D eigenvalue weighted by Crippen LogP contribution is 2.24. The number of hydrogen-bond donors (Lipinski definition) is 1. The summed E-state index contributed by atoms with van der Waals surface area (Å²) in [5.41, 5.74) is 0. The molecule has 1 aromatic carbocycles. The third kappa shape index (κ3) is 4.30. The lowest BCUT2D eigenvalue weighted by molar-refractivity contribution is -0.139. The summed E-state index contributed by atoms with van der Waals surface area (Å²) in [6.45, 7) is 3.28. The fourth-order valence-electron chi connectivity index (χ4n) is 3.99. The summed E-state index contributed by atoms with van der Waals surface area (Å²) in [6, 6.07) is 7.29. The molecule has 146 valence electrons. The third-order valence-corrected chi connectivity index (χ3v) is 5.67. The van der Waals surface area contributed by atoms with Crippen LogP contribution < -0.4 is 10.1 Å². The SMILES string of the molecule is O=C1CO[C@H]2CCN(C(=O)N3CC[C@H](COc4cccc(Cl)c4)C3)C[C@H]2N1. The van der Waals surface area contributed by atoms with Crippen LogP contribution >= 0.6 is 11.6 Å². The van der Waals surface area contributed by atoms with Crippen LogP contribution in [0.4, 0.5) is 4.79 Å². The molecule has 0 aromatic heterocycles. The molecular weight excluding hydrogens is 370 g/mol. The van der Waals surface area contributed by atoms with Gasteiger partial charge in [-0.1, -0.05) is 17.7 Å². The Morgan fingerprint density at radius 2 is 2.07 bits per heavy atom. The zero-order chi connectivity index (χ0) is 18.8. The summed E-state index contributed by atoms with van der Waals surface area (Å²) in [4.78, 5) is 28.1. The third-order valence-electron chi connectivity index (χ3n) is 5.43. The second-order valence-electron chi connectivity index (χ2n) is 7.41. The summed E-state index contributed by atoms with van der Waals surface area (Å²) in [6.07, 6.45) is 1.70. The Morgan fingerprint density at radius 1 is 1.26 bits per heavy atom. The number of nitrogens with one attached hydrogen (secondary N) is 1. The second-order valence-corrected chi connectivity index (χ2v) is 7.85. The van der Waals surface area contributed by atoms with Crippen molar-refractivity contribution >= 4 is 23.5 Å². The van der Waals surface area contributed by atoms with Crippen LogP contribution in [0, 0.1) is 5.92 Å². The number of halogens is 1. The number of ether oxygens (including phenoxy) is 2. The van der Waals surface area contributed by atoms with E-state index in [2.05, 4.69) is 5.32 Å². The first-order valence-corrected chi connectivity index (χ1v) is 9.79. The van der Waals surface area contributed by atoms with Crippen LogP contribution in [0.15, 0.2) is 24.3 Å². The Morgan fingerprint density at radius 3 is 2.93 bits per heavy atom. The van der Waals surface area contributed by atoms with Gasteiger partial charge in [0.25, 0.3) is 0 Å². The van der Waals surface area contributed by atoms with Crippen LogP contribution in [0.5, 0.6) is 5.75 Å². The van der Waals surface area contributed by atoms with E-state index in [-0.39, 0.29) is 30.7 Å². The molecule has 3 saturated heterocycles. The highest BCUT2D eigenvalue weighted by molar-refractivity contribution is 6.30. The molecule has 7 nitrogen and oxygen atoms in total. The van der Waals surface area contributed by atoms with Crippen molar-refractivity contribution in [1.29, 1.82) is 0 Å². The number of likely N-dealkylation sites (tertiary alicyclic amines) is 2. The van der Waals surface area contributed by atoms with Crippen LogP contribution in [0.3, 0.4) is 0 Å². The molecule has 3 aliphatic rings. The van der Waals surface area contributed by atoms with Crippen molar-refractivity contribution in [1.82, 2.24) is 15.1 Å². The first-order chi connectivity index (χ1) is 13.1. The largest absolute Gasteiger partial charge is 0.493 e. The highest BCUT2D eigenvalue weighted by atomic mass is 35.5. The van der Waals surface area contributed by atoms with Gasteiger partial charge in [-0.25, -0.2) is 4.79 Å². The van der Waals surface area contributed by atoms with Gasteiger partial charge in [0.1, 0.15) is 12.4 Å². The van der Waals surface area contributed by atoms with Crippen LogP contribution in [-0.4, -0.2) is 73.3 Å². The molecule has 3 fully saturated rings. The average molecular weight is 394 g/mol. The quantitative estimate of drug-likeness (QED) is 0.849. The zero-order valence-corrected chi connectivity index (χ0v) is 15.9. The maximum atomic E-state index is 12.9. The predicted octanol–water partition coefficient (Wildman–Crippen LogP) is 1.75. The monoisotopic (exact) mass is 393 g/mol. The molecule has 1 N–H and O–H groups in total. The van der Waals surface area contributed by atoms with Gasteiger partial charge in [-0.05, 0) is 31.0 Å². The molecular formula is C19H24ClN3O4. The Hall–Kier alpha value is -1.99. The molecule has 0 spiro atoms.